The Morgan fingerprint density at radius 1 is 1.15 bits per heavy atom. The van der Waals surface area contributed by atoms with Crippen LogP contribution in [0.25, 0.3) is 16.9 Å². The van der Waals surface area contributed by atoms with Gasteiger partial charge in [-0.3, -0.25) is 18.7 Å². The van der Waals surface area contributed by atoms with Crippen LogP contribution in [0.5, 0.6) is 0 Å². The fourth-order valence-electron chi connectivity index (χ4n) is 3.36. The van der Waals surface area contributed by atoms with Gasteiger partial charge in [-0.25, -0.2) is 4.98 Å². The van der Waals surface area contributed by atoms with Gasteiger partial charge in [-0.05, 0) is 39.0 Å². The van der Waals surface area contributed by atoms with Crippen molar-refractivity contribution >= 4 is 16.8 Å². The molecule has 0 fully saturated rings. The molecule has 7 nitrogen and oxygen atoms in total. The summed E-state index contributed by atoms with van der Waals surface area (Å²) < 4.78 is 8.48. The molecule has 3 heterocycles. The normalized spacial score (nSPS) is 11.2. The maximum atomic E-state index is 13.0. The average molecular weight is 362 g/mol. The molecule has 0 bridgehead atoms. The summed E-state index contributed by atoms with van der Waals surface area (Å²) in [7, 11) is 0. The van der Waals surface area contributed by atoms with Gasteiger partial charge in [0.2, 0.25) is 0 Å². The van der Waals surface area contributed by atoms with Crippen LogP contribution in [0.4, 0.5) is 0 Å². The molecule has 136 valence electrons. The average Bonchev–Trinajstić information content (AvgIpc) is 3.20. The third-order valence-electron chi connectivity index (χ3n) is 4.63. The van der Waals surface area contributed by atoms with Crippen molar-refractivity contribution in [1.82, 2.24) is 19.3 Å². The van der Waals surface area contributed by atoms with Gasteiger partial charge in [-0.1, -0.05) is 17.3 Å². The van der Waals surface area contributed by atoms with Gasteiger partial charge in [-0.2, -0.15) is 0 Å². The Labute approximate surface area is 154 Å². The van der Waals surface area contributed by atoms with Crippen LogP contribution in [0.3, 0.4) is 0 Å². The predicted molar refractivity (Wildman–Crippen MR) is 100 cm³/mol. The highest BCUT2D eigenvalue weighted by Crippen LogP contribution is 2.22. The highest BCUT2D eigenvalue weighted by Gasteiger charge is 2.19. The number of benzene rings is 1. The number of hydrogen-bond acceptors (Lipinski definition) is 5. The van der Waals surface area contributed by atoms with Crippen molar-refractivity contribution in [1.29, 1.82) is 0 Å². The number of rotatable bonds is 4. The van der Waals surface area contributed by atoms with Gasteiger partial charge in [-0.15, -0.1) is 0 Å². The standard InChI is InChI=1S/C20H18N4O3/c1-12-8-15(14(3)24(12)19-9-13(2)27-22-19)18(25)11-23-17-7-5-4-6-16(17)21-10-20(23)26/h4-10H,11H2,1-3H3. The second-order valence-electron chi connectivity index (χ2n) is 6.51. The van der Waals surface area contributed by atoms with Crippen LogP contribution in [-0.4, -0.2) is 25.1 Å². The van der Waals surface area contributed by atoms with Gasteiger partial charge in [0.1, 0.15) is 5.76 Å². The van der Waals surface area contributed by atoms with E-state index in [0.29, 0.717) is 28.2 Å². The second kappa shape index (κ2) is 6.35. The molecular formula is C20H18N4O3. The molecule has 0 spiro atoms. The van der Waals surface area contributed by atoms with E-state index in [1.807, 2.05) is 55.7 Å². The van der Waals surface area contributed by atoms with Crippen LogP contribution in [0, 0.1) is 20.8 Å². The number of aryl methyl sites for hydroxylation is 2. The third-order valence-corrected chi connectivity index (χ3v) is 4.63. The molecule has 3 aromatic heterocycles. The predicted octanol–water partition coefficient (Wildman–Crippen LogP) is 2.98. The van der Waals surface area contributed by atoms with Crippen LogP contribution in [0.2, 0.25) is 0 Å². The van der Waals surface area contributed by atoms with Gasteiger partial charge in [0, 0.05) is 23.0 Å². The lowest BCUT2D eigenvalue weighted by molar-refractivity contribution is 0.0971. The molecule has 7 heteroatoms. The number of Topliss-reactive ketones (excluding diaryl/α,β-unsaturated/α-hetero) is 1. The molecule has 4 rings (SSSR count). The first-order valence-corrected chi connectivity index (χ1v) is 8.56. The summed E-state index contributed by atoms with van der Waals surface area (Å²) in [5.74, 6) is 1.18. The highest BCUT2D eigenvalue weighted by atomic mass is 16.5. The van der Waals surface area contributed by atoms with Crippen molar-refractivity contribution < 1.29 is 9.32 Å². The summed E-state index contributed by atoms with van der Waals surface area (Å²) in [5, 5.41) is 4.03. The summed E-state index contributed by atoms with van der Waals surface area (Å²) in [4.78, 5) is 29.4. The van der Waals surface area contributed by atoms with Gasteiger partial charge >= 0.3 is 0 Å². The summed E-state index contributed by atoms with van der Waals surface area (Å²) in [5.41, 5.74) is 3.20. The van der Waals surface area contributed by atoms with E-state index < -0.39 is 0 Å². The maximum Gasteiger partial charge on any atom is 0.269 e. The minimum absolute atomic E-state index is 0.0516. The van der Waals surface area contributed by atoms with Gasteiger partial charge in [0.05, 0.1) is 23.8 Å². The zero-order valence-electron chi connectivity index (χ0n) is 15.3. The Morgan fingerprint density at radius 3 is 2.67 bits per heavy atom. The molecule has 0 atom stereocenters. The van der Waals surface area contributed by atoms with E-state index in [0.717, 1.165) is 11.4 Å². The molecule has 0 aliphatic heterocycles. The summed E-state index contributed by atoms with van der Waals surface area (Å²) in [6.45, 7) is 5.53. The molecule has 0 saturated heterocycles. The van der Waals surface area contributed by atoms with Crippen molar-refractivity contribution in [2.24, 2.45) is 0 Å². The number of carbonyl (C=O) groups is 1. The SMILES string of the molecule is Cc1cc(-n2c(C)cc(C(=O)Cn3c(=O)cnc4ccccc43)c2C)no1. The van der Waals surface area contributed by atoms with Crippen molar-refractivity contribution in [3.05, 3.63) is 75.7 Å². The molecular weight excluding hydrogens is 344 g/mol. The number of carbonyl (C=O) groups excluding carboxylic acids is 1. The lowest BCUT2D eigenvalue weighted by Crippen LogP contribution is -2.25. The first-order chi connectivity index (χ1) is 13.0. The fraction of sp³-hybridized carbons (Fsp3) is 0.200. The second-order valence-corrected chi connectivity index (χ2v) is 6.51. The smallest absolute Gasteiger partial charge is 0.269 e. The molecule has 1 aromatic carbocycles. The molecule has 0 radical (unpaired) electrons. The maximum absolute atomic E-state index is 13.0. The molecule has 0 aliphatic rings. The number of fused-ring (bicyclic) bond motifs is 1. The molecule has 0 aliphatic carbocycles. The quantitative estimate of drug-likeness (QED) is 0.521. The topological polar surface area (TPSA) is 82.9 Å². The Morgan fingerprint density at radius 2 is 1.93 bits per heavy atom. The van der Waals surface area contributed by atoms with E-state index in [9.17, 15) is 9.59 Å². The minimum atomic E-state index is -0.303. The highest BCUT2D eigenvalue weighted by molar-refractivity contribution is 5.98. The van der Waals surface area contributed by atoms with E-state index in [1.54, 1.807) is 6.07 Å². The minimum Gasteiger partial charge on any atom is -0.360 e. The zero-order valence-corrected chi connectivity index (χ0v) is 15.3. The van der Waals surface area contributed by atoms with E-state index in [2.05, 4.69) is 10.1 Å². The van der Waals surface area contributed by atoms with E-state index in [-0.39, 0.29) is 17.9 Å². The Kier molecular flexibility index (Phi) is 3.99. The lowest BCUT2D eigenvalue weighted by Gasteiger charge is -2.09. The molecule has 27 heavy (non-hydrogen) atoms. The molecule has 0 saturated carbocycles. The zero-order chi connectivity index (χ0) is 19.1. The Balaban J connectivity index is 1.75. The molecule has 0 unspecified atom stereocenters. The van der Waals surface area contributed by atoms with Gasteiger partial charge in [0.25, 0.3) is 5.56 Å². The molecule has 0 amide bonds. The van der Waals surface area contributed by atoms with Crippen molar-refractivity contribution in [2.75, 3.05) is 0 Å². The first-order valence-electron chi connectivity index (χ1n) is 8.56. The van der Waals surface area contributed by atoms with Crippen LogP contribution in [0.1, 0.15) is 27.5 Å². The first kappa shape index (κ1) is 17.0. The third kappa shape index (κ3) is 2.87. The number of nitrogens with zero attached hydrogens (tertiary/aromatic N) is 4. The Bertz CT molecular complexity index is 1230. The largest absolute Gasteiger partial charge is 0.360 e. The monoisotopic (exact) mass is 362 g/mol. The van der Waals surface area contributed by atoms with Gasteiger partial charge < -0.3 is 4.52 Å². The van der Waals surface area contributed by atoms with Crippen molar-refractivity contribution in [2.45, 2.75) is 27.3 Å². The van der Waals surface area contributed by atoms with Crippen molar-refractivity contribution in [3.63, 3.8) is 0 Å². The number of para-hydroxylation sites is 2. The number of aromatic nitrogens is 4. The number of hydrogen-bond donors (Lipinski definition) is 0. The van der Waals surface area contributed by atoms with E-state index >= 15 is 0 Å². The summed E-state index contributed by atoms with van der Waals surface area (Å²) >= 11 is 0. The van der Waals surface area contributed by atoms with Gasteiger partial charge in [0.15, 0.2) is 11.6 Å². The van der Waals surface area contributed by atoms with Crippen molar-refractivity contribution in [3.8, 4) is 5.82 Å². The van der Waals surface area contributed by atoms with E-state index in [4.69, 9.17) is 4.52 Å². The summed E-state index contributed by atoms with van der Waals surface area (Å²) in [6, 6.07) is 10.9. The molecule has 4 aromatic rings. The summed E-state index contributed by atoms with van der Waals surface area (Å²) in [6.07, 6.45) is 1.25. The fourth-order valence-corrected chi connectivity index (χ4v) is 3.36. The molecule has 0 N–H and O–H groups in total. The van der Waals surface area contributed by atoms with Crippen LogP contribution >= 0.6 is 0 Å². The Hall–Kier alpha value is -3.48. The van der Waals surface area contributed by atoms with Crippen LogP contribution in [0.15, 0.2) is 51.9 Å². The van der Waals surface area contributed by atoms with Crippen LogP contribution in [-0.2, 0) is 6.54 Å². The lowest BCUT2D eigenvalue weighted by atomic mass is 10.1. The van der Waals surface area contributed by atoms with E-state index in [1.165, 1.54) is 10.8 Å². The number of ketones is 1. The van der Waals surface area contributed by atoms with Crippen LogP contribution < -0.4 is 5.56 Å².